The first-order valence-electron chi connectivity index (χ1n) is 9.95. The van der Waals surface area contributed by atoms with Crippen LogP contribution in [-0.2, 0) is 27.9 Å². The van der Waals surface area contributed by atoms with Crippen LogP contribution in [0.15, 0.2) is 77.7 Å². The van der Waals surface area contributed by atoms with Gasteiger partial charge in [-0.2, -0.15) is 4.31 Å². The maximum Gasteiger partial charge on any atom is 0.243 e. The minimum atomic E-state index is -3.99. The maximum absolute atomic E-state index is 14.0. The summed E-state index contributed by atoms with van der Waals surface area (Å²) in [6.07, 6.45) is 0. The van der Waals surface area contributed by atoms with Gasteiger partial charge in [0.1, 0.15) is 5.82 Å². The van der Waals surface area contributed by atoms with E-state index >= 15 is 0 Å². The summed E-state index contributed by atoms with van der Waals surface area (Å²) in [7, 11) is -2.46. The SMILES string of the molecule is Cc1cccc(CN(CC(=O)N(C)Cc2ccccc2F)S(=O)(=O)c2ccc(Cl)cc2)c1. The van der Waals surface area contributed by atoms with E-state index in [1.165, 1.54) is 42.3 Å². The molecule has 0 unspecified atom stereocenters. The van der Waals surface area contributed by atoms with Gasteiger partial charge in [-0.1, -0.05) is 59.6 Å². The van der Waals surface area contributed by atoms with Gasteiger partial charge in [0.25, 0.3) is 0 Å². The minimum absolute atomic E-state index is 0.0198. The lowest BCUT2D eigenvalue weighted by Gasteiger charge is -2.25. The van der Waals surface area contributed by atoms with Crippen LogP contribution in [0.25, 0.3) is 0 Å². The van der Waals surface area contributed by atoms with E-state index in [0.717, 1.165) is 15.4 Å². The second kappa shape index (κ2) is 10.3. The van der Waals surface area contributed by atoms with Crippen molar-refractivity contribution in [2.45, 2.75) is 24.9 Å². The molecule has 168 valence electrons. The molecule has 32 heavy (non-hydrogen) atoms. The van der Waals surface area contributed by atoms with E-state index in [1.54, 1.807) is 18.2 Å². The molecule has 0 heterocycles. The number of hydrogen-bond donors (Lipinski definition) is 0. The van der Waals surface area contributed by atoms with Crippen molar-refractivity contribution in [2.24, 2.45) is 0 Å². The number of halogens is 2. The predicted molar refractivity (Wildman–Crippen MR) is 123 cm³/mol. The number of nitrogens with zero attached hydrogens (tertiary/aromatic N) is 2. The molecule has 0 spiro atoms. The van der Waals surface area contributed by atoms with E-state index in [0.29, 0.717) is 10.6 Å². The Bertz CT molecular complexity index is 1200. The van der Waals surface area contributed by atoms with Crippen molar-refractivity contribution in [3.63, 3.8) is 0 Å². The van der Waals surface area contributed by atoms with Gasteiger partial charge < -0.3 is 4.90 Å². The largest absolute Gasteiger partial charge is 0.340 e. The zero-order chi connectivity index (χ0) is 23.3. The summed E-state index contributed by atoms with van der Waals surface area (Å²) < 4.78 is 41.8. The zero-order valence-electron chi connectivity index (χ0n) is 17.8. The maximum atomic E-state index is 14.0. The summed E-state index contributed by atoms with van der Waals surface area (Å²) >= 11 is 5.90. The van der Waals surface area contributed by atoms with Crippen molar-refractivity contribution in [1.29, 1.82) is 0 Å². The molecule has 0 aliphatic carbocycles. The van der Waals surface area contributed by atoms with Gasteiger partial charge in [-0.25, -0.2) is 12.8 Å². The van der Waals surface area contributed by atoms with Crippen molar-refractivity contribution < 1.29 is 17.6 Å². The molecule has 0 aliphatic heterocycles. The highest BCUT2D eigenvalue weighted by Crippen LogP contribution is 2.21. The third kappa shape index (κ3) is 5.94. The van der Waals surface area contributed by atoms with Crippen LogP contribution < -0.4 is 0 Å². The summed E-state index contributed by atoms with van der Waals surface area (Å²) in [4.78, 5) is 14.3. The molecule has 0 fully saturated rings. The first-order valence-corrected chi connectivity index (χ1v) is 11.8. The van der Waals surface area contributed by atoms with Gasteiger partial charge in [-0.3, -0.25) is 4.79 Å². The van der Waals surface area contributed by atoms with E-state index in [-0.39, 0.29) is 24.5 Å². The molecule has 5 nitrogen and oxygen atoms in total. The molecule has 3 aromatic rings. The van der Waals surface area contributed by atoms with Gasteiger partial charge in [-0.15, -0.1) is 0 Å². The minimum Gasteiger partial charge on any atom is -0.340 e. The number of sulfonamides is 1. The van der Waals surface area contributed by atoms with Crippen LogP contribution in [0.2, 0.25) is 5.02 Å². The lowest BCUT2D eigenvalue weighted by atomic mass is 10.1. The van der Waals surface area contributed by atoms with Crippen LogP contribution in [0.4, 0.5) is 4.39 Å². The fraction of sp³-hybridized carbons (Fsp3) is 0.208. The van der Waals surface area contributed by atoms with Crippen molar-refractivity contribution in [3.05, 3.63) is 100 Å². The lowest BCUT2D eigenvalue weighted by molar-refractivity contribution is -0.130. The van der Waals surface area contributed by atoms with E-state index in [9.17, 15) is 17.6 Å². The van der Waals surface area contributed by atoms with Crippen molar-refractivity contribution in [3.8, 4) is 0 Å². The number of carbonyl (C=O) groups excluding carboxylic acids is 1. The Labute approximate surface area is 193 Å². The molecule has 3 aromatic carbocycles. The molecule has 0 bridgehead atoms. The number of rotatable bonds is 8. The summed E-state index contributed by atoms with van der Waals surface area (Å²) in [6, 6.07) is 19.4. The third-order valence-electron chi connectivity index (χ3n) is 5.00. The molecule has 0 saturated heterocycles. The summed E-state index contributed by atoms with van der Waals surface area (Å²) in [6.45, 7) is 1.58. The standard InChI is InChI=1S/C24H24ClFN2O3S/c1-18-6-5-7-19(14-18)15-28(32(30,31)22-12-10-21(25)11-13-22)17-24(29)27(2)16-20-8-3-4-9-23(20)26/h3-14H,15-17H2,1-2H3. The van der Waals surface area contributed by atoms with Gasteiger partial charge in [0.15, 0.2) is 0 Å². The predicted octanol–water partition coefficient (Wildman–Crippen LogP) is 4.64. The fourth-order valence-electron chi connectivity index (χ4n) is 3.24. The zero-order valence-corrected chi connectivity index (χ0v) is 19.4. The van der Waals surface area contributed by atoms with Gasteiger partial charge in [-0.05, 0) is 42.8 Å². The number of likely N-dealkylation sites (N-methyl/N-ethyl adjacent to an activating group) is 1. The highest BCUT2D eigenvalue weighted by Gasteiger charge is 2.28. The Balaban J connectivity index is 1.87. The molecular weight excluding hydrogens is 451 g/mol. The number of aryl methyl sites for hydroxylation is 1. The molecule has 0 atom stereocenters. The van der Waals surface area contributed by atoms with E-state index in [1.807, 2.05) is 31.2 Å². The van der Waals surface area contributed by atoms with E-state index in [2.05, 4.69) is 0 Å². The van der Waals surface area contributed by atoms with Gasteiger partial charge in [0.2, 0.25) is 15.9 Å². The molecule has 0 radical (unpaired) electrons. The summed E-state index contributed by atoms with van der Waals surface area (Å²) in [5, 5.41) is 0.412. The Morgan fingerprint density at radius 3 is 2.31 bits per heavy atom. The number of carbonyl (C=O) groups is 1. The van der Waals surface area contributed by atoms with Gasteiger partial charge >= 0.3 is 0 Å². The third-order valence-corrected chi connectivity index (χ3v) is 7.05. The molecule has 8 heteroatoms. The Kier molecular flexibility index (Phi) is 7.66. The lowest BCUT2D eigenvalue weighted by Crippen LogP contribution is -2.41. The number of benzene rings is 3. The van der Waals surface area contributed by atoms with Crippen LogP contribution in [0.3, 0.4) is 0 Å². The van der Waals surface area contributed by atoms with Crippen LogP contribution in [0.1, 0.15) is 16.7 Å². The summed E-state index contributed by atoms with van der Waals surface area (Å²) in [5.41, 5.74) is 2.09. The van der Waals surface area contributed by atoms with Gasteiger partial charge in [0, 0.05) is 30.7 Å². The molecular formula is C24H24ClFN2O3S. The Morgan fingerprint density at radius 2 is 1.66 bits per heavy atom. The highest BCUT2D eigenvalue weighted by atomic mass is 35.5. The number of hydrogen-bond acceptors (Lipinski definition) is 3. The Hall–Kier alpha value is -2.74. The van der Waals surface area contributed by atoms with Crippen LogP contribution in [-0.4, -0.2) is 37.1 Å². The highest BCUT2D eigenvalue weighted by molar-refractivity contribution is 7.89. The van der Waals surface area contributed by atoms with Crippen molar-refractivity contribution in [2.75, 3.05) is 13.6 Å². The Morgan fingerprint density at radius 1 is 0.969 bits per heavy atom. The van der Waals surface area contributed by atoms with Gasteiger partial charge in [0.05, 0.1) is 11.4 Å². The first-order chi connectivity index (χ1) is 15.2. The average Bonchev–Trinajstić information content (AvgIpc) is 2.75. The molecule has 0 N–H and O–H groups in total. The van der Waals surface area contributed by atoms with Crippen LogP contribution >= 0.6 is 11.6 Å². The normalized spacial score (nSPS) is 11.5. The quantitative estimate of drug-likeness (QED) is 0.478. The molecule has 0 aromatic heterocycles. The fourth-order valence-corrected chi connectivity index (χ4v) is 4.74. The first kappa shape index (κ1) is 23.9. The monoisotopic (exact) mass is 474 g/mol. The van der Waals surface area contributed by atoms with Crippen molar-refractivity contribution in [1.82, 2.24) is 9.21 Å². The van der Waals surface area contributed by atoms with E-state index in [4.69, 9.17) is 11.6 Å². The average molecular weight is 475 g/mol. The smallest absolute Gasteiger partial charge is 0.243 e. The number of amides is 1. The van der Waals surface area contributed by atoms with Crippen LogP contribution in [0.5, 0.6) is 0 Å². The van der Waals surface area contributed by atoms with Crippen LogP contribution in [0, 0.1) is 12.7 Å². The van der Waals surface area contributed by atoms with Crippen molar-refractivity contribution >= 4 is 27.5 Å². The second-order valence-electron chi connectivity index (χ2n) is 7.56. The molecule has 1 amide bonds. The topological polar surface area (TPSA) is 57.7 Å². The second-order valence-corrected chi connectivity index (χ2v) is 9.93. The molecule has 3 rings (SSSR count). The summed E-state index contributed by atoms with van der Waals surface area (Å²) in [5.74, 6) is -0.865. The molecule has 0 saturated carbocycles. The van der Waals surface area contributed by atoms with E-state index < -0.39 is 21.7 Å². The molecule has 0 aliphatic rings.